The van der Waals surface area contributed by atoms with E-state index in [-0.39, 0.29) is 0 Å². The Labute approximate surface area is 121 Å². The van der Waals surface area contributed by atoms with E-state index in [1.54, 1.807) is 0 Å². The molecule has 1 aliphatic rings. The van der Waals surface area contributed by atoms with Gasteiger partial charge in [0.1, 0.15) is 0 Å². The maximum Gasteiger partial charge on any atom is -0.00178 e. The van der Waals surface area contributed by atoms with Gasteiger partial charge in [0.2, 0.25) is 0 Å². The van der Waals surface area contributed by atoms with Gasteiger partial charge >= 0.3 is 0 Å². The first kappa shape index (κ1) is 17.0. The Morgan fingerprint density at radius 3 is 2.26 bits per heavy atom. The molecule has 0 heterocycles. The Hall–Kier alpha value is -0.0400. The zero-order valence-electron chi connectivity index (χ0n) is 13.7. The van der Waals surface area contributed by atoms with E-state index in [0.29, 0.717) is 0 Å². The van der Waals surface area contributed by atoms with Gasteiger partial charge in [-0.15, -0.1) is 0 Å². The number of rotatable bonds is 11. The minimum atomic E-state index is 0.786. The molecule has 1 rings (SSSR count). The lowest BCUT2D eigenvalue weighted by Gasteiger charge is -2.24. The molecule has 1 unspecified atom stereocenters. The Morgan fingerprint density at radius 2 is 1.63 bits per heavy atom. The zero-order valence-corrected chi connectivity index (χ0v) is 13.7. The van der Waals surface area contributed by atoms with Crippen molar-refractivity contribution in [2.45, 2.75) is 85.0 Å². The minimum Gasteiger partial charge on any atom is -0.316 e. The van der Waals surface area contributed by atoms with Crippen LogP contribution in [0.15, 0.2) is 0 Å². The van der Waals surface area contributed by atoms with Gasteiger partial charge in [-0.05, 0) is 37.3 Å². The van der Waals surface area contributed by atoms with E-state index in [1.807, 2.05) is 0 Å². The third-order valence-corrected chi connectivity index (χ3v) is 4.70. The fourth-order valence-corrected chi connectivity index (χ4v) is 3.50. The van der Waals surface area contributed by atoms with E-state index >= 15 is 0 Å². The first-order valence-corrected chi connectivity index (χ1v) is 8.94. The van der Waals surface area contributed by atoms with Crippen LogP contribution >= 0.6 is 0 Å². The Balaban J connectivity index is 2.19. The molecular formula is C18H37N. The monoisotopic (exact) mass is 267 g/mol. The van der Waals surface area contributed by atoms with Crippen LogP contribution in [0.3, 0.4) is 0 Å². The summed E-state index contributed by atoms with van der Waals surface area (Å²) in [6.07, 6.45) is 14.6. The molecule has 0 saturated heterocycles. The van der Waals surface area contributed by atoms with Crippen molar-refractivity contribution in [1.29, 1.82) is 0 Å². The van der Waals surface area contributed by atoms with Gasteiger partial charge in [-0.25, -0.2) is 0 Å². The summed E-state index contributed by atoms with van der Waals surface area (Å²) in [7, 11) is 0. The van der Waals surface area contributed by atoms with Crippen LogP contribution in [0.1, 0.15) is 85.0 Å². The van der Waals surface area contributed by atoms with E-state index in [9.17, 15) is 0 Å². The molecule has 0 spiro atoms. The van der Waals surface area contributed by atoms with Crippen LogP contribution in [0.4, 0.5) is 0 Å². The Bertz CT molecular complexity index is 194. The highest BCUT2D eigenvalue weighted by atomic mass is 14.9. The molecule has 1 fully saturated rings. The number of hydrogen-bond acceptors (Lipinski definition) is 1. The van der Waals surface area contributed by atoms with Gasteiger partial charge < -0.3 is 5.32 Å². The number of unbranched alkanes of at least 4 members (excludes halogenated alkanes) is 4. The lowest BCUT2D eigenvalue weighted by atomic mass is 9.86. The molecule has 1 atom stereocenters. The maximum absolute atomic E-state index is 3.71. The SMILES string of the molecule is CCCCCCCC(CNCC(C)C)C1CCCC1. The highest BCUT2D eigenvalue weighted by Gasteiger charge is 2.24. The van der Waals surface area contributed by atoms with Crippen LogP contribution < -0.4 is 5.32 Å². The molecule has 1 heteroatoms. The van der Waals surface area contributed by atoms with Crippen molar-refractivity contribution in [1.82, 2.24) is 5.32 Å². The maximum atomic E-state index is 3.71. The highest BCUT2D eigenvalue weighted by molar-refractivity contribution is 4.77. The molecule has 0 radical (unpaired) electrons. The van der Waals surface area contributed by atoms with Gasteiger partial charge in [-0.2, -0.15) is 0 Å². The molecule has 1 saturated carbocycles. The van der Waals surface area contributed by atoms with Crippen LogP contribution in [0.5, 0.6) is 0 Å². The van der Waals surface area contributed by atoms with Crippen molar-refractivity contribution in [3.05, 3.63) is 0 Å². The summed E-state index contributed by atoms with van der Waals surface area (Å²) < 4.78 is 0. The predicted molar refractivity (Wildman–Crippen MR) is 86.5 cm³/mol. The highest BCUT2D eigenvalue weighted by Crippen LogP contribution is 2.33. The molecule has 114 valence electrons. The average molecular weight is 268 g/mol. The second-order valence-corrected chi connectivity index (χ2v) is 7.06. The summed E-state index contributed by atoms with van der Waals surface area (Å²) in [6, 6.07) is 0. The summed E-state index contributed by atoms with van der Waals surface area (Å²) in [5.41, 5.74) is 0. The lowest BCUT2D eigenvalue weighted by Crippen LogP contribution is -2.30. The largest absolute Gasteiger partial charge is 0.316 e. The molecule has 0 aromatic heterocycles. The molecule has 0 aromatic rings. The molecule has 1 nitrogen and oxygen atoms in total. The van der Waals surface area contributed by atoms with Gasteiger partial charge in [0, 0.05) is 0 Å². The van der Waals surface area contributed by atoms with Crippen LogP contribution in [-0.4, -0.2) is 13.1 Å². The average Bonchev–Trinajstić information content (AvgIpc) is 2.89. The number of hydrogen-bond donors (Lipinski definition) is 1. The smallest absolute Gasteiger partial charge is 0.00178 e. The summed E-state index contributed by atoms with van der Waals surface area (Å²) in [5.74, 6) is 2.78. The molecule has 19 heavy (non-hydrogen) atoms. The van der Waals surface area contributed by atoms with Gasteiger partial charge in [-0.3, -0.25) is 0 Å². The molecule has 0 bridgehead atoms. The standard InChI is InChI=1S/C18H37N/c1-4-5-6-7-8-13-18(15-19-14-16(2)3)17-11-9-10-12-17/h16-19H,4-15H2,1-3H3. The van der Waals surface area contributed by atoms with Crippen molar-refractivity contribution in [3.63, 3.8) is 0 Å². The first-order valence-electron chi connectivity index (χ1n) is 8.94. The molecule has 0 amide bonds. The molecule has 0 aromatic carbocycles. The van der Waals surface area contributed by atoms with Crippen LogP contribution in [0, 0.1) is 17.8 Å². The van der Waals surface area contributed by atoms with Gasteiger partial charge in [0.15, 0.2) is 0 Å². The van der Waals surface area contributed by atoms with Crippen molar-refractivity contribution in [3.8, 4) is 0 Å². The van der Waals surface area contributed by atoms with Crippen LogP contribution in [0.25, 0.3) is 0 Å². The van der Waals surface area contributed by atoms with E-state index in [1.165, 1.54) is 77.3 Å². The molecule has 1 N–H and O–H groups in total. The Kier molecular flexibility index (Phi) is 9.59. The van der Waals surface area contributed by atoms with E-state index in [0.717, 1.165) is 17.8 Å². The Morgan fingerprint density at radius 1 is 0.947 bits per heavy atom. The van der Waals surface area contributed by atoms with Gasteiger partial charge in [-0.1, -0.05) is 78.6 Å². The summed E-state index contributed by atoms with van der Waals surface area (Å²) in [5, 5.41) is 3.71. The molecule has 0 aliphatic heterocycles. The second kappa shape index (κ2) is 10.7. The second-order valence-electron chi connectivity index (χ2n) is 7.06. The van der Waals surface area contributed by atoms with Crippen molar-refractivity contribution in [2.24, 2.45) is 17.8 Å². The predicted octanol–water partition coefficient (Wildman–Crippen LogP) is 5.40. The minimum absolute atomic E-state index is 0.786. The van der Waals surface area contributed by atoms with Crippen molar-refractivity contribution < 1.29 is 0 Å². The zero-order chi connectivity index (χ0) is 13.9. The lowest BCUT2D eigenvalue weighted by molar-refractivity contribution is 0.291. The third-order valence-electron chi connectivity index (χ3n) is 4.70. The van der Waals surface area contributed by atoms with E-state index in [2.05, 4.69) is 26.1 Å². The summed E-state index contributed by atoms with van der Waals surface area (Å²) >= 11 is 0. The summed E-state index contributed by atoms with van der Waals surface area (Å²) in [6.45, 7) is 9.39. The third kappa shape index (κ3) is 7.97. The first-order chi connectivity index (χ1) is 9.24. The topological polar surface area (TPSA) is 12.0 Å². The van der Waals surface area contributed by atoms with Crippen molar-refractivity contribution in [2.75, 3.05) is 13.1 Å². The van der Waals surface area contributed by atoms with Gasteiger partial charge in [0.25, 0.3) is 0 Å². The quantitative estimate of drug-likeness (QED) is 0.494. The van der Waals surface area contributed by atoms with Crippen LogP contribution in [0.2, 0.25) is 0 Å². The summed E-state index contributed by atoms with van der Waals surface area (Å²) in [4.78, 5) is 0. The van der Waals surface area contributed by atoms with E-state index < -0.39 is 0 Å². The number of nitrogens with one attached hydrogen (secondary N) is 1. The van der Waals surface area contributed by atoms with E-state index in [4.69, 9.17) is 0 Å². The fraction of sp³-hybridized carbons (Fsp3) is 1.00. The van der Waals surface area contributed by atoms with Gasteiger partial charge in [0.05, 0.1) is 0 Å². The molecular weight excluding hydrogens is 230 g/mol. The van der Waals surface area contributed by atoms with Crippen LogP contribution in [-0.2, 0) is 0 Å². The fourth-order valence-electron chi connectivity index (χ4n) is 3.50. The van der Waals surface area contributed by atoms with Crippen molar-refractivity contribution >= 4 is 0 Å². The normalized spacial score (nSPS) is 18.3. The molecule has 1 aliphatic carbocycles.